The summed E-state index contributed by atoms with van der Waals surface area (Å²) in [6.07, 6.45) is 1.91. The van der Waals surface area contributed by atoms with Gasteiger partial charge in [0.25, 0.3) is 0 Å². The first-order chi connectivity index (χ1) is 13.2. The molecule has 0 saturated carbocycles. The molecule has 0 aliphatic heterocycles. The number of para-hydroxylation sites is 1. The number of aryl methyl sites for hydroxylation is 1. The summed E-state index contributed by atoms with van der Waals surface area (Å²) < 4.78 is 25.6. The highest BCUT2D eigenvalue weighted by Gasteiger charge is 2.23. The van der Waals surface area contributed by atoms with Crippen molar-refractivity contribution in [2.75, 3.05) is 37.7 Å². The number of benzene rings is 2. The fraction of sp³-hybridized carbons (Fsp3) is 0.381. The second-order valence-corrected chi connectivity index (χ2v) is 9.07. The van der Waals surface area contributed by atoms with Crippen molar-refractivity contribution in [3.63, 3.8) is 0 Å². The van der Waals surface area contributed by atoms with Crippen molar-refractivity contribution in [2.45, 2.75) is 19.4 Å². The summed E-state index contributed by atoms with van der Waals surface area (Å²) in [5.41, 5.74) is 2.51. The van der Waals surface area contributed by atoms with E-state index in [1.54, 1.807) is 12.1 Å². The van der Waals surface area contributed by atoms with E-state index in [1.807, 2.05) is 51.4 Å². The number of carbonyl (C=O) groups is 1. The van der Waals surface area contributed by atoms with Gasteiger partial charge in [-0.1, -0.05) is 48.5 Å². The second-order valence-electron chi connectivity index (χ2n) is 7.17. The van der Waals surface area contributed by atoms with Crippen molar-refractivity contribution >= 4 is 21.6 Å². The molecule has 0 saturated heterocycles. The molecular formula is C21H29N3O3S. The zero-order valence-electron chi connectivity index (χ0n) is 16.9. The lowest BCUT2D eigenvalue weighted by atomic mass is 10.1. The number of amides is 1. The van der Waals surface area contributed by atoms with E-state index in [9.17, 15) is 13.2 Å². The molecule has 0 bridgehead atoms. The molecular weight excluding hydrogens is 374 g/mol. The molecule has 1 unspecified atom stereocenters. The van der Waals surface area contributed by atoms with Crippen LogP contribution in [0.25, 0.3) is 0 Å². The van der Waals surface area contributed by atoms with Gasteiger partial charge in [-0.2, -0.15) is 0 Å². The maximum Gasteiger partial charge on any atom is 0.240 e. The summed E-state index contributed by atoms with van der Waals surface area (Å²) in [7, 11) is 0.359. The Hall–Kier alpha value is -2.38. The lowest BCUT2D eigenvalue weighted by Gasteiger charge is -2.26. The Morgan fingerprint density at radius 2 is 1.64 bits per heavy atom. The molecule has 152 valence electrons. The Kier molecular flexibility index (Phi) is 7.60. The van der Waals surface area contributed by atoms with Gasteiger partial charge in [0.2, 0.25) is 15.9 Å². The van der Waals surface area contributed by atoms with Crippen molar-refractivity contribution in [2.24, 2.45) is 0 Å². The molecule has 1 atom stereocenters. The quantitative estimate of drug-likeness (QED) is 0.696. The van der Waals surface area contributed by atoms with Gasteiger partial charge < -0.3 is 10.2 Å². The number of anilines is 1. The van der Waals surface area contributed by atoms with E-state index >= 15 is 0 Å². The lowest BCUT2D eigenvalue weighted by molar-refractivity contribution is -0.119. The first kappa shape index (κ1) is 21.9. The van der Waals surface area contributed by atoms with Gasteiger partial charge in [-0.25, -0.2) is 8.42 Å². The maximum atomic E-state index is 12.5. The molecule has 0 aliphatic rings. The van der Waals surface area contributed by atoms with Crippen LogP contribution in [-0.4, -0.2) is 58.7 Å². The van der Waals surface area contributed by atoms with E-state index in [-0.39, 0.29) is 18.5 Å². The highest BCUT2D eigenvalue weighted by Crippen LogP contribution is 2.21. The van der Waals surface area contributed by atoms with Crippen LogP contribution in [0.15, 0.2) is 54.6 Å². The van der Waals surface area contributed by atoms with E-state index < -0.39 is 10.0 Å². The number of nitrogens with one attached hydrogen (secondary N) is 1. The number of rotatable bonds is 9. The highest BCUT2D eigenvalue weighted by molar-refractivity contribution is 7.92. The highest BCUT2D eigenvalue weighted by atomic mass is 32.2. The monoisotopic (exact) mass is 403 g/mol. The van der Waals surface area contributed by atoms with Gasteiger partial charge in [0, 0.05) is 12.6 Å². The number of likely N-dealkylation sites (N-methyl/N-ethyl adjacent to an activating group) is 1. The molecule has 2 aromatic carbocycles. The SMILES string of the molecule is Cc1ccccc1N(CC(=O)NCC(Cc1ccccc1)N(C)C)S(C)(=O)=O. The van der Waals surface area contributed by atoms with Crippen LogP contribution >= 0.6 is 0 Å². The predicted octanol–water partition coefficient (Wildman–Crippen LogP) is 2.05. The van der Waals surface area contributed by atoms with E-state index in [4.69, 9.17) is 0 Å². The Labute approximate surface area is 168 Å². The third kappa shape index (κ3) is 6.35. The Bertz CT molecular complexity index is 883. The number of hydrogen-bond acceptors (Lipinski definition) is 4. The minimum atomic E-state index is -3.58. The topological polar surface area (TPSA) is 69.7 Å². The smallest absolute Gasteiger partial charge is 0.240 e. The molecule has 0 heterocycles. The molecule has 1 N–H and O–H groups in total. The van der Waals surface area contributed by atoms with Crippen molar-refractivity contribution in [1.29, 1.82) is 0 Å². The largest absolute Gasteiger partial charge is 0.353 e. The molecule has 0 aromatic heterocycles. The summed E-state index contributed by atoms with van der Waals surface area (Å²) >= 11 is 0. The standard InChI is InChI=1S/C21H29N3O3S/c1-17-10-8-9-13-20(17)24(28(4,26)27)16-21(25)22-15-19(23(2)3)14-18-11-6-5-7-12-18/h5-13,19H,14-16H2,1-4H3,(H,22,25). The fourth-order valence-corrected chi connectivity index (χ4v) is 3.88. The molecule has 0 aliphatic carbocycles. The molecule has 0 spiro atoms. The summed E-state index contributed by atoms with van der Waals surface area (Å²) in [6.45, 7) is 2.02. The van der Waals surface area contributed by atoms with E-state index in [2.05, 4.69) is 22.3 Å². The Morgan fingerprint density at radius 3 is 2.21 bits per heavy atom. The van der Waals surface area contributed by atoms with Gasteiger partial charge in [0.1, 0.15) is 6.54 Å². The molecule has 2 aromatic rings. The normalized spacial score (nSPS) is 12.6. The number of hydrogen-bond donors (Lipinski definition) is 1. The third-order valence-electron chi connectivity index (χ3n) is 4.65. The van der Waals surface area contributed by atoms with Crippen molar-refractivity contribution in [1.82, 2.24) is 10.2 Å². The summed E-state index contributed by atoms with van der Waals surface area (Å²) in [6, 6.07) is 17.3. The molecule has 2 rings (SSSR count). The molecule has 1 amide bonds. The average Bonchev–Trinajstić information content (AvgIpc) is 2.63. The number of sulfonamides is 1. The first-order valence-corrected chi connectivity index (χ1v) is 11.0. The van der Waals surface area contributed by atoms with Crippen LogP contribution in [0.3, 0.4) is 0 Å². The molecule has 28 heavy (non-hydrogen) atoms. The van der Waals surface area contributed by atoms with Gasteiger partial charge in [-0.3, -0.25) is 9.10 Å². The minimum Gasteiger partial charge on any atom is -0.353 e. The Balaban J connectivity index is 2.04. The van der Waals surface area contributed by atoms with Crippen LogP contribution in [0.2, 0.25) is 0 Å². The lowest BCUT2D eigenvalue weighted by Crippen LogP contribution is -2.46. The van der Waals surface area contributed by atoms with Crippen LogP contribution in [0.1, 0.15) is 11.1 Å². The molecule has 6 nitrogen and oxygen atoms in total. The van der Waals surface area contributed by atoms with Crippen LogP contribution in [0.5, 0.6) is 0 Å². The van der Waals surface area contributed by atoms with E-state index in [0.717, 1.165) is 22.5 Å². The van der Waals surface area contributed by atoms with Gasteiger partial charge in [-0.15, -0.1) is 0 Å². The third-order valence-corrected chi connectivity index (χ3v) is 5.78. The van der Waals surface area contributed by atoms with Crippen LogP contribution in [0, 0.1) is 6.92 Å². The summed E-state index contributed by atoms with van der Waals surface area (Å²) in [4.78, 5) is 14.6. The molecule has 0 radical (unpaired) electrons. The van der Waals surface area contributed by atoms with Crippen molar-refractivity contribution in [3.8, 4) is 0 Å². The molecule has 7 heteroatoms. The second kappa shape index (κ2) is 9.71. The van der Waals surface area contributed by atoms with E-state index in [0.29, 0.717) is 12.2 Å². The van der Waals surface area contributed by atoms with E-state index in [1.165, 1.54) is 5.56 Å². The van der Waals surface area contributed by atoms with Crippen molar-refractivity contribution < 1.29 is 13.2 Å². The first-order valence-electron chi connectivity index (χ1n) is 9.19. The van der Waals surface area contributed by atoms with Gasteiger partial charge in [-0.05, 0) is 44.6 Å². The summed E-state index contributed by atoms with van der Waals surface area (Å²) in [5, 5.41) is 2.89. The molecule has 0 fully saturated rings. The summed E-state index contributed by atoms with van der Waals surface area (Å²) in [5.74, 6) is -0.325. The number of carbonyl (C=O) groups excluding carboxylic acids is 1. The maximum absolute atomic E-state index is 12.5. The Morgan fingerprint density at radius 1 is 1.04 bits per heavy atom. The van der Waals surface area contributed by atoms with Crippen LogP contribution < -0.4 is 9.62 Å². The average molecular weight is 404 g/mol. The van der Waals surface area contributed by atoms with Gasteiger partial charge in [0.05, 0.1) is 11.9 Å². The predicted molar refractivity (Wildman–Crippen MR) is 114 cm³/mol. The van der Waals surface area contributed by atoms with Gasteiger partial charge in [0.15, 0.2) is 0 Å². The van der Waals surface area contributed by atoms with Crippen LogP contribution in [-0.2, 0) is 21.2 Å². The minimum absolute atomic E-state index is 0.108. The number of nitrogens with zero attached hydrogens (tertiary/aromatic N) is 2. The van der Waals surface area contributed by atoms with Gasteiger partial charge >= 0.3 is 0 Å². The van der Waals surface area contributed by atoms with Crippen molar-refractivity contribution in [3.05, 3.63) is 65.7 Å². The van der Waals surface area contributed by atoms with Crippen LogP contribution in [0.4, 0.5) is 5.69 Å². The zero-order chi connectivity index (χ0) is 20.7. The fourth-order valence-electron chi connectivity index (χ4n) is 2.97. The zero-order valence-corrected chi connectivity index (χ0v) is 17.7.